The molecule has 0 saturated heterocycles. The van der Waals surface area contributed by atoms with Crippen molar-refractivity contribution in [1.82, 2.24) is 39.9 Å². The summed E-state index contributed by atoms with van der Waals surface area (Å²) in [5.41, 5.74) is 67.9. The molecule has 16 atom stereocenters. The van der Waals surface area contributed by atoms with Gasteiger partial charge in [-0.15, -0.1) is 0 Å². The quantitative estimate of drug-likeness (QED) is 0.0182. The van der Waals surface area contributed by atoms with Crippen LogP contribution in [-0.4, -0.2) is 177 Å². The van der Waals surface area contributed by atoms with Gasteiger partial charge in [-0.05, 0) is 221 Å². The number of halogens is 2. The highest BCUT2D eigenvalue weighted by Crippen LogP contribution is 2.41. The van der Waals surface area contributed by atoms with Gasteiger partial charge in [-0.3, -0.25) is 38.4 Å². The Morgan fingerprint density at radius 2 is 0.586 bits per heavy atom. The number of carbonyl (C=O) groups is 8. The van der Waals surface area contributed by atoms with Gasteiger partial charge in [-0.25, -0.2) is 8.78 Å². The first-order valence-corrected chi connectivity index (χ1v) is 48.7. The number of fused-ring (bicyclic) bond motifs is 8. The first kappa shape index (κ1) is 114. The Bertz CT molecular complexity index is 6870. The van der Waals surface area contributed by atoms with Crippen LogP contribution in [0.25, 0.3) is 87.2 Å². The SMILES string of the molecule is CCC[C@@H](c1c(C)[nH]c2ccccc12)[C@H](N)C(=O)O.CC[C@@H](c1c(C)[nH]c2ccccc12)[C@H](N)C(=O)O.CC[C@@H](c1c[nH]c2c(C)cccc12)[C@H](N)C(=O)O.CC[C@@H](c1c[nH]c2cc(C)ccc12)[C@H](N)C(=O)O.CC[C@@H](c1c[nH]c2ccc(C)cc12)[C@H](N)C(=O)O.CC[C@@H](c1c[nH]c2ccc(F)cc12)[C@H](N)C(=O)O.CC[C@@H](c1c[nH]c2cccc(C)c12)[C@H](N)C(=O)O.CC[C@@H](c1c[nH]c2cccc(F)c12)[C@H](N)C(=O)O. The number of nitrogens with two attached hydrogens (primary N) is 8. The molecule has 0 radical (unpaired) electrons. The molecule has 32 N–H and O–H groups in total. The highest BCUT2D eigenvalue weighted by atomic mass is 19.1. The van der Waals surface area contributed by atoms with Gasteiger partial charge in [0.05, 0.1) is 0 Å². The van der Waals surface area contributed by atoms with Gasteiger partial charge >= 0.3 is 47.8 Å². The fourth-order valence-electron chi connectivity index (χ4n) is 19.7. The van der Waals surface area contributed by atoms with Crippen molar-refractivity contribution in [2.75, 3.05) is 0 Å². The van der Waals surface area contributed by atoms with E-state index in [9.17, 15) is 52.2 Å². The molecule has 16 aromatic rings. The number of para-hydroxylation sites is 3. The Hall–Kier alpha value is -14.6. The number of aromatic nitrogens is 8. The van der Waals surface area contributed by atoms with Crippen LogP contribution in [0.3, 0.4) is 0 Å². The minimum Gasteiger partial charge on any atom is -0.480 e. The summed E-state index contributed by atoms with van der Waals surface area (Å²) in [5, 5.41) is 80.2. The summed E-state index contributed by atoms with van der Waals surface area (Å²) in [7, 11) is 0. The summed E-state index contributed by atoms with van der Waals surface area (Å²) >= 11 is 0. The number of rotatable bonds is 33. The van der Waals surface area contributed by atoms with E-state index >= 15 is 0 Å². The standard InChI is InChI=1S/C15H20N2O2.5C14H18N2O2.2C13H15FN2O2/c1-3-6-11(14(16)15(18)19)13-9(2)17-12-8-5-4-7-10(12)13;1-3-9(13(15)14(17)18)11-7-16-12-5-4-8(2)6-10(11)12;1-3-9(13(15)14(17)18)11-7-16-12-6-8(2)4-5-10(11)12;1-3-9(13(15)14(17)18)10-7-16-11-6-4-5-8(2)12(10)11;1-3-9(12(15)14(17)18)11-7-16-13-8(2)5-4-6-10(11)13;1-3-9(13(15)14(17)18)12-8(2)16-11-7-5-4-6-10(11)12;1-2-8(12(15)13(17)18)10-6-16-11-4-3-7(14)5-9(10)11;1-2-7(12(15)13(17)18)8-6-16-10-5-3-4-9(14)11(8)10/h4-5,7-8,11,14,17H,3,6,16H2,1-2H3,(H,18,19);3*4-7,9,13,16H,3,15H2,1-2H3,(H,17,18);4-7,9,12,16H,3,15H2,1-2H3,(H,17,18);4-7,9,13,16H,3,15H2,1-2H3,(H,17,18);3-6,8,12,16H,2,15H2,1H3,(H,17,18);3-7,12,16H,2,15H2,1H3,(H,17,18)/t11-,14-;3*9-,13-;9-,12-;9-,13-;8-,12-;7-,12-/m00000000/s1. The Labute approximate surface area is 839 Å². The van der Waals surface area contributed by atoms with E-state index < -0.39 is 102 Å². The van der Waals surface area contributed by atoms with Crippen molar-refractivity contribution < 1.29 is 88.0 Å². The van der Waals surface area contributed by atoms with Crippen molar-refractivity contribution in [3.63, 3.8) is 0 Å². The van der Waals surface area contributed by atoms with Crippen molar-refractivity contribution in [3.8, 4) is 0 Å². The predicted molar refractivity (Wildman–Crippen MR) is 568 cm³/mol. The zero-order valence-corrected chi connectivity index (χ0v) is 84.3. The molecule has 0 aliphatic heterocycles. The van der Waals surface area contributed by atoms with Gasteiger partial charge < -0.3 is 127 Å². The zero-order valence-electron chi connectivity index (χ0n) is 84.3. The van der Waals surface area contributed by atoms with E-state index in [0.29, 0.717) is 66.8 Å². The smallest absolute Gasteiger partial charge is 0.321 e. The normalized spacial score (nSPS) is 14.6. The molecule has 8 aromatic carbocycles. The Balaban J connectivity index is 0.000000185. The number of carboxylic acid groups (broad SMARTS) is 8. The third-order valence-electron chi connectivity index (χ3n) is 27.5. The number of carboxylic acids is 8. The van der Waals surface area contributed by atoms with E-state index in [1.165, 1.54) is 23.8 Å². The molecule has 0 unspecified atom stereocenters. The molecule has 8 heterocycles. The molecule has 8 aromatic heterocycles. The summed E-state index contributed by atoms with van der Waals surface area (Å²) in [6.45, 7) is 27.6. The number of H-pyrrole nitrogens is 8. The number of hydrogen-bond acceptors (Lipinski definition) is 16. The molecule has 0 spiro atoms. The van der Waals surface area contributed by atoms with Gasteiger partial charge in [0.1, 0.15) is 60.0 Å². The van der Waals surface area contributed by atoms with Gasteiger partial charge in [-0.1, -0.05) is 158 Å². The average Bonchev–Trinajstić information content (AvgIpc) is 1.64. The van der Waals surface area contributed by atoms with Crippen LogP contribution in [0.4, 0.5) is 8.78 Å². The minimum atomic E-state index is -1.08. The summed E-state index contributed by atoms with van der Waals surface area (Å²) in [4.78, 5) is 114. The minimum absolute atomic E-state index is 0.154. The summed E-state index contributed by atoms with van der Waals surface area (Å²) in [6, 6.07) is 42.0. The van der Waals surface area contributed by atoms with E-state index in [-0.39, 0.29) is 53.1 Å². The Morgan fingerprint density at radius 1 is 0.276 bits per heavy atom. The summed E-state index contributed by atoms with van der Waals surface area (Å²) in [6.07, 6.45) is 17.2. The Kier molecular flexibility index (Phi) is 40.9. The van der Waals surface area contributed by atoms with Crippen molar-refractivity contribution >= 4 is 135 Å². The second kappa shape index (κ2) is 52.1. The van der Waals surface area contributed by atoms with Crippen molar-refractivity contribution in [3.05, 3.63) is 285 Å². The molecule has 0 amide bonds. The molecule has 145 heavy (non-hydrogen) atoms. The molecule has 0 aliphatic rings. The molecule has 32 nitrogen and oxygen atoms in total. The maximum Gasteiger partial charge on any atom is 0.321 e. The molecular weight excluding hydrogens is 1850 g/mol. The van der Waals surface area contributed by atoms with E-state index in [1.54, 1.807) is 30.6 Å². The van der Waals surface area contributed by atoms with Crippen molar-refractivity contribution in [2.45, 2.75) is 250 Å². The van der Waals surface area contributed by atoms with Crippen LogP contribution in [0.2, 0.25) is 0 Å². The van der Waals surface area contributed by atoms with Crippen LogP contribution in [0.1, 0.15) is 239 Å². The number of hydrogen-bond donors (Lipinski definition) is 24. The van der Waals surface area contributed by atoms with E-state index in [1.807, 2.05) is 231 Å². The number of aromatic amines is 8. The van der Waals surface area contributed by atoms with Crippen LogP contribution in [-0.2, 0) is 38.4 Å². The summed E-state index contributed by atoms with van der Waals surface area (Å²) < 4.78 is 27.1. The van der Waals surface area contributed by atoms with Gasteiger partial charge in [-0.2, -0.15) is 0 Å². The van der Waals surface area contributed by atoms with Gasteiger partial charge in [0.25, 0.3) is 0 Å². The van der Waals surface area contributed by atoms with E-state index in [2.05, 4.69) is 52.0 Å². The van der Waals surface area contributed by atoms with Crippen molar-refractivity contribution in [1.29, 1.82) is 0 Å². The van der Waals surface area contributed by atoms with E-state index in [0.717, 1.165) is 151 Å². The highest BCUT2D eigenvalue weighted by Gasteiger charge is 2.36. The molecular formula is C111H140F2N16O16. The topological polar surface area (TPSA) is 633 Å². The second-order valence-corrected chi connectivity index (χ2v) is 36.7. The molecule has 0 saturated carbocycles. The molecule has 0 bridgehead atoms. The average molecular weight is 1990 g/mol. The monoisotopic (exact) mass is 1990 g/mol. The Morgan fingerprint density at radius 3 is 1.03 bits per heavy atom. The van der Waals surface area contributed by atoms with Crippen molar-refractivity contribution in [2.24, 2.45) is 45.9 Å². The fraction of sp³-hybridized carbons (Fsp3) is 0.351. The molecule has 774 valence electrons. The molecule has 0 aliphatic carbocycles. The van der Waals surface area contributed by atoms with Gasteiger partial charge in [0, 0.05) is 183 Å². The van der Waals surface area contributed by atoms with Crippen LogP contribution < -0.4 is 45.9 Å². The van der Waals surface area contributed by atoms with Gasteiger partial charge in [0.15, 0.2) is 0 Å². The largest absolute Gasteiger partial charge is 0.480 e. The zero-order chi connectivity index (χ0) is 107. The van der Waals surface area contributed by atoms with Crippen LogP contribution in [0.5, 0.6) is 0 Å². The lowest BCUT2D eigenvalue weighted by Crippen LogP contribution is -2.36. The van der Waals surface area contributed by atoms with E-state index in [4.69, 9.17) is 81.6 Å². The number of aliphatic carboxylic acids is 8. The van der Waals surface area contributed by atoms with Crippen LogP contribution in [0, 0.1) is 53.2 Å². The summed E-state index contributed by atoms with van der Waals surface area (Å²) in [5.74, 6) is -10.3. The lowest BCUT2D eigenvalue weighted by atomic mass is 9.86. The van der Waals surface area contributed by atoms with Crippen LogP contribution >= 0.6 is 0 Å². The van der Waals surface area contributed by atoms with Gasteiger partial charge in [0.2, 0.25) is 0 Å². The number of nitrogens with one attached hydrogen (secondary N) is 8. The first-order valence-electron chi connectivity index (χ1n) is 48.7. The molecule has 16 rings (SSSR count). The lowest BCUT2D eigenvalue weighted by Gasteiger charge is -2.21. The number of benzene rings is 8. The van der Waals surface area contributed by atoms with Crippen LogP contribution in [0.15, 0.2) is 195 Å². The number of aryl methyl sites for hydroxylation is 6. The highest BCUT2D eigenvalue weighted by molar-refractivity contribution is 5.94. The second-order valence-electron chi connectivity index (χ2n) is 36.7. The maximum atomic E-state index is 13.8. The predicted octanol–water partition coefficient (Wildman–Crippen LogP) is 19.1. The third-order valence-corrected chi connectivity index (χ3v) is 27.5. The molecule has 34 heteroatoms. The first-order chi connectivity index (χ1) is 68.9. The maximum absolute atomic E-state index is 13.8. The fourth-order valence-corrected chi connectivity index (χ4v) is 19.7. The third kappa shape index (κ3) is 26.9. The lowest BCUT2D eigenvalue weighted by molar-refractivity contribution is -0.140. The molecule has 0 fully saturated rings.